The Morgan fingerprint density at radius 1 is 1.58 bits per heavy atom. The maximum Gasteiger partial charge on any atom is 0.372 e. The third-order valence-corrected chi connectivity index (χ3v) is 3.21. The van der Waals surface area contributed by atoms with Gasteiger partial charge in [0.15, 0.2) is 5.82 Å². The van der Waals surface area contributed by atoms with Crippen LogP contribution in [-0.2, 0) is 6.42 Å². The Labute approximate surface area is 110 Å². The summed E-state index contributed by atoms with van der Waals surface area (Å²) in [5.41, 5.74) is 0. The molecule has 0 aromatic carbocycles. The predicted molar refractivity (Wildman–Crippen MR) is 66.2 cm³/mol. The molecule has 3 heterocycles. The van der Waals surface area contributed by atoms with Gasteiger partial charge in [-0.05, 0) is 4.92 Å². The van der Waals surface area contributed by atoms with Crippen molar-refractivity contribution >= 4 is 27.9 Å². The van der Waals surface area contributed by atoms with Crippen LogP contribution in [0.4, 0.5) is 11.6 Å². The Morgan fingerprint density at radius 2 is 2.47 bits per heavy atom. The van der Waals surface area contributed by atoms with Crippen LogP contribution in [0, 0.1) is 10.1 Å². The number of anilines is 1. The molecule has 1 N–H and O–H groups in total. The number of nitro groups is 1. The minimum atomic E-state index is -0.455. The van der Waals surface area contributed by atoms with Gasteiger partial charge in [-0.15, -0.1) is 0 Å². The molecule has 98 valence electrons. The van der Waals surface area contributed by atoms with E-state index >= 15 is 0 Å². The van der Waals surface area contributed by atoms with E-state index in [1.54, 1.807) is 11.6 Å². The highest BCUT2D eigenvalue weighted by Gasteiger charge is 2.23. The number of thiazole rings is 1. The molecule has 3 aromatic heterocycles. The van der Waals surface area contributed by atoms with Crippen LogP contribution < -0.4 is 5.32 Å². The van der Waals surface area contributed by atoms with Crippen LogP contribution in [0.2, 0.25) is 0 Å². The smallest absolute Gasteiger partial charge is 0.362 e. The molecule has 0 aliphatic carbocycles. The van der Waals surface area contributed by atoms with Crippen LogP contribution in [0.3, 0.4) is 0 Å². The zero-order chi connectivity index (χ0) is 13.2. The lowest BCUT2D eigenvalue weighted by Gasteiger charge is -2.00. The number of aromatic nitrogens is 4. The van der Waals surface area contributed by atoms with Gasteiger partial charge in [0.05, 0.1) is 0 Å². The zero-order valence-electron chi connectivity index (χ0n) is 9.52. The third-order valence-electron chi connectivity index (χ3n) is 2.46. The molecule has 0 amide bonds. The van der Waals surface area contributed by atoms with Crippen molar-refractivity contribution in [2.24, 2.45) is 0 Å². The molecular weight excluding hydrogens is 272 g/mol. The molecule has 0 atom stereocenters. The highest BCUT2D eigenvalue weighted by molar-refractivity contribution is 7.15. The predicted octanol–water partition coefficient (Wildman–Crippen LogP) is 1.34. The topological polar surface area (TPSA) is 111 Å². The van der Waals surface area contributed by atoms with E-state index in [4.69, 9.17) is 0 Å². The SMILES string of the molecule is O=[N+]([O-])c1c(NCCc2ncon2)nc2sccn12. The molecule has 19 heavy (non-hydrogen) atoms. The van der Waals surface area contributed by atoms with Gasteiger partial charge in [0, 0.05) is 18.3 Å². The van der Waals surface area contributed by atoms with Crippen LogP contribution in [-0.4, -0.2) is 31.0 Å². The average Bonchev–Trinajstić information content (AvgIpc) is 3.02. The molecule has 0 saturated carbocycles. The molecule has 9 nitrogen and oxygen atoms in total. The molecule has 0 bridgehead atoms. The van der Waals surface area contributed by atoms with Gasteiger partial charge in [-0.1, -0.05) is 16.5 Å². The lowest BCUT2D eigenvalue weighted by Crippen LogP contribution is -2.08. The molecular formula is C9H8N6O3S. The van der Waals surface area contributed by atoms with Crippen LogP contribution >= 0.6 is 11.3 Å². The first-order valence-corrected chi connectivity index (χ1v) is 6.22. The maximum atomic E-state index is 11.1. The quantitative estimate of drug-likeness (QED) is 0.554. The number of imidazole rings is 1. The molecule has 0 saturated heterocycles. The first-order chi connectivity index (χ1) is 9.25. The number of rotatable bonds is 5. The zero-order valence-corrected chi connectivity index (χ0v) is 10.3. The molecule has 0 spiro atoms. The summed E-state index contributed by atoms with van der Waals surface area (Å²) < 4.78 is 6.05. The summed E-state index contributed by atoms with van der Waals surface area (Å²) in [6, 6.07) is 0. The van der Waals surface area contributed by atoms with E-state index in [1.165, 1.54) is 22.1 Å². The first kappa shape index (κ1) is 11.6. The van der Waals surface area contributed by atoms with Crippen molar-refractivity contribution in [1.29, 1.82) is 0 Å². The molecule has 0 unspecified atom stereocenters. The molecule has 0 aliphatic heterocycles. The Bertz CT molecular complexity index is 703. The van der Waals surface area contributed by atoms with Gasteiger partial charge < -0.3 is 20.0 Å². The summed E-state index contributed by atoms with van der Waals surface area (Å²) in [4.78, 5) is 19.2. The van der Waals surface area contributed by atoms with Crippen molar-refractivity contribution in [1.82, 2.24) is 19.5 Å². The summed E-state index contributed by atoms with van der Waals surface area (Å²) in [7, 11) is 0. The number of fused-ring (bicyclic) bond motifs is 1. The summed E-state index contributed by atoms with van der Waals surface area (Å²) in [5, 5.41) is 19.4. The fraction of sp³-hybridized carbons (Fsp3) is 0.222. The summed E-state index contributed by atoms with van der Waals surface area (Å²) in [5.74, 6) is 0.723. The molecule has 3 rings (SSSR count). The van der Waals surface area contributed by atoms with Crippen molar-refractivity contribution in [3.05, 3.63) is 33.9 Å². The average molecular weight is 280 g/mol. The van der Waals surface area contributed by atoms with Crippen LogP contribution in [0.15, 0.2) is 22.5 Å². The largest absolute Gasteiger partial charge is 0.372 e. The van der Waals surface area contributed by atoms with Crippen molar-refractivity contribution < 1.29 is 9.45 Å². The van der Waals surface area contributed by atoms with Crippen molar-refractivity contribution in [3.63, 3.8) is 0 Å². The second-order valence-electron chi connectivity index (χ2n) is 3.62. The second kappa shape index (κ2) is 4.65. The Balaban J connectivity index is 1.78. The monoisotopic (exact) mass is 280 g/mol. The Morgan fingerprint density at radius 3 is 3.21 bits per heavy atom. The molecule has 0 aliphatic rings. The van der Waals surface area contributed by atoms with Gasteiger partial charge in [0.1, 0.15) is 6.20 Å². The number of nitrogens with zero attached hydrogens (tertiary/aromatic N) is 5. The van der Waals surface area contributed by atoms with Crippen molar-refractivity contribution in [3.8, 4) is 0 Å². The fourth-order valence-electron chi connectivity index (χ4n) is 1.66. The normalized spacial score (nSPS) is 10.9. The van der Waals surface area contributed by atoms with E-state index in [0.29, 0.717) is 23.8 Å². The van der Waals surface area contributed by atoms with Gasteiger partial charge in [-0.25, -0.2) is 0 Å². The van der Waals surface area contributed by atoms with Gasteiger partial charge in [-0.3, -0.25) is 0 Å². The summed E-state index contributed by atoms with van der Waals surface area (Å²) in [6.07, 6.45) is 3.36. The Hall–Kier alpha value is -2.49. The fourth-order valence-corrected chi connectivity index (χ4v) is 2.37. The van der Waals surface area contributed by atoms with E-state index in [-0.39, 0.29) is 11.6 Å². The minimum absolute atomic E-state index is 0.0654. The van der Waals surface area contributed by atoms with E-state index in [2.05, 4.69) is 25.0 Å². The highest BCUT2D eigenvalue weighted by Crippen LogP contribution is 2.27. The van der Waals surface area contributed by atoms with Crippen molar-refractivity contribution in [2.75, 3.05) is 11.9 Å². The van der Waals surface area contributed by atoms with Crippen molar-refractivity contribution in [2.45, 2.75) is 6.42 Å². The second-order valence-corrected chi connectivity index (χ2v) is 4.49. The Kier molecular flexibility index (Phi) is 2.83. The number of hydrogen-bond acceptors (Lipinski definition) is 8. The molecule has 0 fully saturated rings. The van der Waals surface area contributed by atoms with Crippen LogP contribution in [0.5, 0.6) is 0 Å². The third kappa shape index (κ3) is 2.12. The lowest BCUT2D eigenvalue weighted by atomic mass is 10.4. The van der Waals surface area contributed by atoms with E-state index in [1.807, 2.05) is 0 Å². The van der Waals surface area contributed by atoms with Crippen LogP contribution in [0.25, 0.3) is 4.96 Å². The first-order valence-electron chi connectivity index (χ1n) is 5.35. The van der Waals surface area contributed by atoms with E-state index < -0.39 is 4.92 Å². The highest BCUT2D eigenvalue weighted by atomic mass is 32.1. The standard InChI is InChI=1S/C9H8N6O3S/c16-15(17)8-7(12-9-14(8)3-4-19-9)10-2-1-6-11-5-18-13-6/h3-5,10H,1-2H2. The van der Waals surface area contributed by atoms with Gasteiger partial charge in [0.25, 0.3) is 4.96 Å². The van der Waals surface area contributed by atoms with Gasteiger partial charge in [0.2, 0.25) is 12.2 Å². The van der Waals surface area contributed by atoms with Gasteiger partial charge >= 0.3 is 5.82 Å². The number of nitrogens with one attached hydrogen (secondary N) is 1. The molecule has 10 heteroatoms. The lowest BCUT2D eigenvalue weighted by molar-refractivity contribution is -0.389. The molecule has 3 aromatic rings. The maximum absolute atomic E-state index is 11.1. The van der Waals surface area contributed by atoms with Gasteiger partial charge in [-0.2, -0.15) is 14.4 Å². The minimum Gasteiger partial charge on any atom is -0.362 e. The van der Waals surface area contributed by atoms with E-state index in [9.17, 15) is 10.1 Å². The summed E-state index contributed by atoms with van der Waals surface area (Å²) >= 11 is 1.34. The summed E-state index contributed by atoms with van der Waals surface area (Å²) in [6.45, 7) is 0.436. The number of hydrogen-bond donors (Lipinski definition) is 1. The van der Waals surface area contributed by atoms with Crippen LogP contribution in [0.1, 0.15) is 5.82 Å². The van der Waals surface area contributed by atoms with E-state index in [0.717, 1.165) is 0 Å². The molecule has 0 radical (unpaired) electrons.